The maximum absolute atomic E-state index is 15.7. The Kier molecular flexibility index (Phi) is 13.3. The maximum atomic E-state index is 15.7. The highest BCUT2D eigenvalue weighted by molar-refractivity contribution is 5.99. The van der Waals surface area contributed by atoms with Crippen LogP contribution in [0.25, 0.3) is 11.1 Å². The first-order valence-electron chi connectivity index (χ1n) is 18.0. The molecule has 0 aromatic heterocycles. The van der Waals surface area contributed by atoms with Crippen molar-refractivity contribution >= 4 is 17.9 Å². The summed E-state index contributed by atoms with van der Waals surface area (Å²) in [6.07, 6.45) is 1.98. The van der Waals surface area contributed by atoms with E-state index in [9.17, 15) is 14.4 Å². The van der Waals surface area contributed by atoms with Crippen LogP contribution in [0.2, 0.25) is 0 Å². The Morgan fingerprint density at radius 2 is 1.70 bits per heavy atom. The van der Waals surface area contributed by atoms with Gasteiger partial charge in [0.15, 0.2) is 0 Å². The first kappa shape index (κ1) is 39.1. The van der Waals surface area contributed by atoms with E-state index in [-0.39, 0.29) is 54.4 Å². The minimum Gasteiger partial charge on any atom is -0.493 e. The molecule has 2 heterocycles. The van der Waals surface area contributed by atoms with E-state index in [1.165, 1.54) is 12.1 Å². The molecule has 11 heteroatoms. The number of likely N-dealkylation sites (tertiary alicyclic amines) is 1. The van der Waals surface area contributed by atoms with Crippen LogP contribution in [0.1, 0.15) is 101 Å². The van der Waals surface area contributed by atoms with E-state index in [0.29, 0.717) is 68.1 Å². The lowest BCUT2D eigenvalue weighted by Crippen LogP contribution is -2.54. The fourth-order valence-electron chi connectivity index (χ4n) is 6.86. The van der Waals surface area contributed by atoms with Crippen LogP contribution < -0.4 is 4.74 Å². The average molecular weight is 698 g/mol. The van der Waals surface area contributed by atoms with Gasteiger partial charge >= 0.3 is 6.09 Å². The van der Waals surface area contributed by atoms with Gasteiger partial charge in [-0.15, -0.1) is 0 Å². The third kappa shape index (κ3) is 9.75. The fraction of sp³-hybridized carbons (Fsp3) is 0.615. The lowest BCUT2D eigenvalue weighted by Gasteiger charge is -2.42. The van der Waals surface area contributed by atoms with Gasteiger partial charge in [-0.05, 0) is 104 Å². The summed E-state index contributed by atoms with van der Waals surface area (Å²) in [5.41, 5.74) is 1.62. The zero-order chi connectivity index (χ0) is 36.7. The molecule has 0 bridgehead atoms. The molecule has 3 amide bonds. The van der Waals surface area contributed by atoms with Gasteiger partial charge in [0, 0.05) is 74.6 Å². The number of rotatable bonds is 11. The SMILES string of the molecule is CCc1cc(-c2cc(C(=O)N3C[C@@H](C)O[C@@H](C)C3)ccc2F)c(OCCCOC)cc1C(=O)N(C(C)C)C1CCCN(C(=O)OC(C)(C)C)C1. The van der Waals surface area contributed by atoms with Gasteiger partial charge < -0.3 is 33.6 Å². The Labute approximate surface area is 297 Å². The summed E-state index contributed by atoms with van der Waals surface area (Å²) in [5, 5.41) is 0. The summed E-state index contributed by atoms with van der Waals surface area (Å²) in [6.45, 7) is 17.9. The number of amides is 3. The van der Waals surface area contributed by atoms with Crippen molar-refractivity contribution < 1.29 is 37.7 Å². The van der Waals surface area contributed by atoms with Crippen LogP contribution >= 0.6 is 0 Å². The van der Waals surface area contributed by atoms with Crippen LogP contribution in [0.3, 0.4) is 0 Å². The van der Waals surface area contributed by atoms with Crippen molar-refractivity contribution in [1.29, 1.82) is 0 Å². The second-order valence-electron chi connectivity index (χ2n) is 14.7. The van der Waals surface area contributed by atoms with E-state index in [0.717, 1.165) is 18.4 Å². The van der Waals surface area contributed by atoms with Crippen LogP contribution in [0.5, 0.6) is 5.75 Å². The molecule has 10 nitrogen and oxygen atoms in total. The summed E-state index contributed by atoms with van der Waals surface area (Å²) in [5.74, 6) is -0.525. The number of carbonyl (C=O) groups excluding carboxylic acids is 3. The Morgan fingerprint density at radius 3 is 2.32 bits per heavy atom. The molecule has 2 aliphatic rings. The molecule has 276 valence electrons. The highest BCUT2D eigenvalue weighted by Crippen LogP contribution is 2.37. The van der Waals surface area contributed by atoms with E-state index in [2.05, 4.69) is 0 Å². The Bertz CT molecular complexity index is 1500. The standard InChI is InChI=1S/C39H56FN3O7/c1-10-28-19-33(32-20-29(14-15-34(32)40)36(44)42-22-26(4)49-27(5)23-42)35(48-18-12-17-47-9)21-31(28)37(45)43(25(2)3)30-13-11-16-41(24-30)38(46)50-39(6,7)8/h14-15,19-21,25-27,30H,10-13,16-18,22-24H2,1-9H3/t26-,27+,30?. The van der Waals surface area contributed by atoms with Crippen molar-refractivity contribution in [3.05, 3.63) is 52.8 Å². The van der Waals surface area contributed by atoms with Gasteiger partial charge in [0.05, 0.1) is 24.9 Å². The summed E-state index contributed by atoms with van der Waals surface area (Å²) >= 11 is 0. The van der Waals surface area contributed by atoms with Gasteiger partial charge in [-0.2, -0.15) is 0 Å². The van der Waals surface area contributed by atoms with Gasteiger partial charge in [-0.25, -0.2) is 9.18 Å². The van der Waals surface area contributed by atoms with Crippen molar-refractivity contribution in [3.8, 4) is 16.9 Å². The summed E-state index contributed by atoms with van der Waals surface area (Å²) in [4.78, 5) is 46.5. The van der Waals surface area contributed by atoms with Crippen molar-refractivity contribution in [1.82, 2.24) is 14.7 Å². The largest absolute Gasteiger partial charge is 0.493 e. The monoisotopic (exact) mass is 697 g/mol. The molecule has 2 aliphatic heterocycles. The number of carbonyl (C=O) groups is 3. The van der Waals surface area contributed by atoms with Gasteiger partial charge in [0.2, 0.25) is 0 Å². The summed E-state index contributed by atoms with van der Waals surface area (Å²) in [7, 11) is 1.61. The molecular formula is C39H56FN3O7. The molecule has 2 aromatic carbocycles. The third-order valence-corrected chi connectivity index (χ3v) is 9.01. The zero-order valence-corrected chi connectivity index (χ0v) is 31.3. The number of halogens is 1. The first-order valence-corrected chi connectivity index (χ1v) is 18.0. The smallest absolute Gasteiger partial charge is 0.410 e. The number of nitrogens with zero attached hydrogens (tertiary/aromatic N) is 3. The molecule has 2 aromatic rings. The molecule has 0 N–H and O–H groups in total. The van der Waals surface area contributed by atoms with E-state index in [1.54, 1.807) is 29.0 Å². The number of hydrogen-bond acceptors (Lipinski definition) is 7. The highest BCUT2D eigenvalue weighted by Gasteiger charge is 2.35. The maximum Gasteiger partial charge on any atom is 0.410 e. The number of aryl methyl sites for hydroxylation is 1. The number of benzene rings is 2. The number of methoxy groups -OCH3 is 1. The van der Waals surface area contributed by atoms with Crippen LogP contribution in [0, 0.1) is 5.82 Å². The van der Waals surface area contributed by atoms with Gasteiger partial charge in [0.25, 0.3) is 11.8 Å². The molecule has 0 aliphatic carbocycles. The Morgan fingerprint density at radius 1 is 1.00 bits per heavy atom. The number of morpholine rings is 1. The zero-order valence-electron chi connectivity index (χ0n) is 31.3. The lowest BCUT2D eigenvalue weighted by molar-refractivity contribution is -0.0586. The molecule has 2 fully saturated rings. The van der Waals surface area contributed by atoms with Crippen molar-refractivity contribution in [2.45, 2.75) is 111 Å². The molecule has 0 spiro atoms. The summed E-state index contributed by atoms with van der Waals surface area (Å²) < 4.78 is 38.7. The van der Waals surface area contributed by atoms with Crippen LogP contribution in [0.4, 0.5) is 9.18 Å². The molecular weight excluding hydrogens is 641 g/mol. The topological polar surface area (TPSA) is 97.8 Å². The summed E-state index contributed by atoms with van der Waals surface area (Å²) in [6, 6.07) is 7.55. The first-order chi connectivity index (χ1) is 23.6. The number of ether oxygens (including phenoxy) is 4. The second-order valence-corrected chi connectivity index (χ2v) is 14.7. The molecule has 4 rings (SSSR count). The van der Waals surface area contributed by atoms with Gasteiger partial charge in [-0.3, -0.25) is 9.59 Å². The van der Waals surface area contributed by atoms with E-state index >= 15 is 4.39 Å². The quantitative estimate of drug-likeness (QED) is 0.234. The average Bonchev–Trinajstić information content (AvgIpc) is 3.05. The molecule has 1 unspecified atom stereocenters. The molecule has 3 atom stereocenters. The van der Waals surface area contributed by atoms with Gasteiger partial charge in [0.1, 0.15) is 17.2 Å². The molecule has 2 saturated heterocycles. The van der Waals surface area contributed by atoms with E-state index < -0.39 is 11.4 Å². The van der Waals surface area contributed by atoms with Gasteiger partial charge in [-0.1, -0.05) is 6.92 Å². The normalized spacial score (nSPS) is 19.8. The predicted octanol–water partition coefficient (Wildman–Crippen LogP) is 6.97. The molecule has 0 saturated carbocycles. The molecule has 50 heavy (non-hydrogen) atoms. The fourth-order valence-corrected chi connectivity index (χ4v) is 6.86. The van der Waals surface area contributed by atoms with Crippen molar-refractivity contribution in [2.75, 3.05) is 46.5 Å². The van der Waals surface area contributed by atoms with E-state index in [1.807, 2.05) is 66.4 Å². The minimum absolute atomic E-state index is 0.105. The predicted molar refractivity (Wildman–Crippen MR) is 191 cm³/mol. The Hall–Kier alpha value is -3.70. The number of hydrogen-bond donors (Lipinski definition) is 0. The van der Waals surface area contributed by atoms with E-state index in [4.69, 9.17) is 18.9 Å². The van der Waals surface area contributed by atoms with Crippen LogP contribution in [0.15, 0.2) is 30.3 Å². The lowest BCUT2D eigenvalue weighted by atomic mass is 9.93. The van der Waals surface area contributed by atoms with Crippen LogP contribution in [-0.2, 0) is 20.6 Å². The van der Waals surface area contributed by atoms with Crippen LogP contribution in [-0.4, -0.2) is 109 Å². The van der Waals surface area contributed by atoms with Crippen molar-refractivity contribution in [3.63, 3.8) is 0 Å². The number of piperidine rings is 1. The van der Waals surface area contributed by atoms with Crippen molar-refractivity contribution in [2.24, 2.45) is 0 Å². The third-order valence-electron chi connectivity index (χ3n) is 9.01. The highest BCUT2D eigenvalue weighted by atomic mass is 19.1. The minimum atomic E-state index is -0.624. The Balaban J connectivity index is 1.73. The molecule has 0 radical (unpaired) electrons. The second kappa shape index (κ2) is 17.0.